The molecule has 2 atom stereocenters. The van der Waals surface area contributed by atoms with E-state index in [2.05, 4.69) is 5.32 Å². The fourth-order valence-electron chi connectivity index (χ4n) is 4.68. The van der Waals surface area contributed by atoms with Crippen molar-refractivity contribution in [1.29, 1.82) is 0 Å². The lowest BCUT2D eigenvalue weighted by molar-refractivity contribution is -0.139. The summed E-state index contributed by atoms with van der Waals surface area (Å²) in [4.78, 5) is 29.2. The molecule has 0 heterocycles. The van der Waals surface area contributed by atoms with Gasteiger partial charge in [-0.1, -0.05) is 67.9 Å². The quantitative estimate of drug-likeness (QED) is 0.275. The minimum atomic E-state index is -4.19. The number of ether oxygens (including phenoxy) is 1. The molecule has 2 amide bonds. The highest BCUT2D eigenvalue weighted by Crippen LogP contribution is 2.33. The summed E-state index contributed by atoms with van der Waals surface area (Å²) in [5.74, 6) is -0.410. The molecule has 0 bridgehead atoms. The van der Waals surface area contributed by atoms with Crippen LogP contribution in [0, 0.1) is 13.8 Å². The number of amides is 2. The van der Waals surface area contributed by atoms with Gasteiger partial charge in [0.15, 0.2) is 0 Å². The third-order valence-electron chi connectivity index (χ3n) is 7.36. The van der Waals surface area contributed by atoms with E-state index >= 15 is 0 Å². The van der Waals surface area contributed by atoms with Gasteiger partial charge < -0.3 is 15.0 Å². The van der Waals surface area contributed by atoms with E-state index in [9.17, 15) is 18.0 Å². The number of rotatable bonds is 14. The third kappa shape index (κ3) is 8.12. The topological polar surface area (TPSA) is 96.0 Å². The van der Waals surface area contributed by atoms with E-state index in [-0.39, 0.29) is 29.1 Å². The summed E-state index contributed by atoms with van der Waals surface area (Å²) < 4.78 is 34.9. The van der Waals surface area contributed by atoms with Gasteiger partial charge >= 0.3 is 0 Å². The Balaban J connectivity index is 2.08. The second-order valence-corrected chi connectivity index (χ2v) is 12.4. The van der Waals surface area contributed by atoms with Gasteiger partial charge in [0.05, 0.1) is 17.7 Å². The van der Waals surface area contributed by atoms with E-state index in [1.807, 2.05) is 71.0 Å². The summed E-state index contributed by atoms with van der Waals surface area (Å²) >= 11 is 0. The third-order valence-corrected chi connectivity index (χ3v) is 9.14. The normalized spacial score (nSPS) is 12.7. The highest BCUT2D eigenvalue weighted by atomic mass is 32.2. The molecule has 0 saturated heterocycles. The molecule has 3 aromatic carbocycles. The lowest BCUT2D eigenvalue weighted by Gasteiger charge is -2.34. The molecule has 42 heavy (non-hydrogen) atoms. The first-order valence-corrected chi connectivity index (χ1v) is 15.8. The smallest absolute Gasteiger partial charge is 0.264 e. The molecule has 0 spiro atoms. The second kappa shape index (κ2) is 14.9. The summed E-state index contributed by atoms with van der Waals surface area (Å²) in [6.45, 7) is 9.22. The second-order valence-electron chi connectivity index (χ2n) is 10.6. The van der Waals surface area contributed by atoms with E-state index in [0.717, 1.165) is 27.4 Å². The zero-order chi connectivity index (χ0) is 30.9. The molecule has 0 aliphatic heterocycles. The van der Waals surface area contributed by atoms with E-state index in [0.29, 0.717) is 18.6 Å². The summed E-state index contributed by atoms with van der Waals surface area (Å²) in [6.07, 6.45) is 1.63. The molecule has 9 heteroatoms. The van der Waals surface area contributed by atoms with Crippen molar-refractivity contribution < 1.29 is 22.7 Å². The minimum absolute atomic E-state index is 0.0573. The zero-order valence-electron chi connectivity index (χ0n) is 25.5. The fourth-order valence-corrected chi connectivity index (χ4v) is 6.10. The first-order valence-electron chi connectivity index (χ1n) is 14.4. The maximum atomic E-state index is 14.2. The monoisotopic (exact) mass is 593 g/mol. The predicted molar refractivity (Wildman–Crippen MR) is 167 cm³/mol. The van der Waals surface area contributed by atoms with Crippen molar-refractivity contribution in [1.82, 2.24) is 10.2 Å². The van der Waals surface area contributed by atoms with E-state index in [4.69, 9.17) is 4.74 Å². The average molecular weight is 594 g/mol. The number of nitrogens with one attached hydrogen (secondary N) is 1. The summed E-state index contributed by atoms with van der Waals surface area (Å²) in [7, 11) is -2.72. The summed E-state index contributed by atoms with van der Waals surface area (Å²) in [5, 5.41) is 3.00. The van der Waals surface area contributed by atoms with Crippen molar-refractivity contribution >= 4 is 27.5 Å². The van der Waals surface area contributed by atoms with Gasteiger partial charge in [0.1, 0.15) is 18.3 Å². The molecule has 3 aromatic rings. The summed E-state index contributed by atoms with van der Waals surface area (Å²) in [5.41, 5.74) is 2.99. The van der Waals surface area contributed by atoms with Gasteiger partial charge in [-0.15, -0.1) is 0 Å². The van der Waals surface area contributed by atoms with E-state index in [1.165, 1.54) is 24.1 Å². The highest BCUT2D eigenvalue weighted by Gasteiger charge is 2.34. The standard InChI is InChI=1S/C33H43N3O5S/c1-7-26(5)34-33(38)29(8-2)35(21-20-27-12-10-9-11-13-27)32(37)23-36(30-22-25(4)16-19-31(30)41-6)42(39,40)28-17-14-24(3)15-18-28/h9-19,22,26,29H,7-8,20-21,23H2,1-6H3,(H,34,38)/t26-,29-/m0/s1. The zero-order valence-corrected chi connectivity index (χ0v) is 26.3. The van der Waals surface area contributed by atoms with Crippen LogP contribution in [0.1, 0.15) is 50.3 Å². The van der Waals surface area contributed by atoms with Crippen LogP contribution in [0.4, 0.5) is 5.69 Å². The van der Waals surface area contributed by atoms with Gasteiger partial charge in [-0.25, -0.2) is 8.42 Å². The van der Waals surface area contributed by atoms with E-state index in [1.54, 1.807) is 24.3 Å². The van der Waals surface area contributed by atoms with Gasteiger partial charge in [-0.3, -0.25) is 13.9 Å². The van der Waals surface area contributed by atoms with Crippen LogP contribution >= 0.6 is 0 Å². The van der Waals surface area contributed by atoms with Gasteiger partial charge in [0.25, 0.3) is 10.0 Å². The molecule has 0 aliphatic carbocycles. The van der Waals surface area contributed by atoms with Crippen molar-refractivity contribution in [3.8, 4) is 5.75 Å². The molecule has 1 N–H and O–H groups in total. The molecule has 226 valence electrons. The van der Waals surface area contributed by atoms with Gasteiger partial charge in [-0.05, 0) is 75.4 Å². The van der Waals surface area contributed by atoms with Crippen LogP contribution in [0.3, 0.4) is 0 Å². The number of nitrogens with zero attached hydrogens (tertiary/aromatic N) is 2. The number of anilines is 1. The Kier molecular flexibility index (Phi) is 11.6. The maximum absolute atomic E-state index is 14.2. The van der Waals surface area contributed by atoms with Gasteiger partial charge in [0.2, 0.25) is 11.8 Å². The van der Waals surface area contributed by atoms with Crippen molar-refractivity contribution in [2.24, 2.45) is 0 Å². The fraction of sp³-hybridized carbons (Fsp3) is 0.394. The Morgan fingerprint density at radius 2 is 1.55 bits per heavy atom. The average Bonchev–Trinajstić information content (AvgIpc) is 2.98. The number of benzene rings is 3. The lowest BCUT2D eigenvalue weighted by atomic mass is 10.1. The Hall–Kier alpha value is -3.85. The first kappa shape index (κ1) is 32.7. The molecule has 0 aliphatic rings. The number of carbonyl (C=O) groups is 2. The van der Waals surface area contributed by atoms with Crippen molar-refractivity contribution in [2.75, 3.05) is 24.5 Å². The largest absolute Gasteiger partial charge is 0.495 e. The maximum Gasteiger partial charge on any atom is 0.264 e. The van der Waals surface area contributed by atoms with Crippen LogP contribution in [-0.2, 0) is 26.0 Å². The van der Waals surface area contributed by atoms with Gasteiger partial charge in [-0.2, -0.15) is 0 Å². The number of carbonyl (C=O) groups excluding carboxylic acids is 2. The van der Waals surface area contributed by atoms with Crippen LogP contribution in [0.25, 0.3) is 0 Å². The molecule has 8 nitrogen and oxygen atoms in total. The van der Waals surface area contributed by atoms with Crippen molar-refractivity contribution in [2.45, 2.75) is 70.9 Å². The Bertz CT molecular complexity index is 1440. The van der Waals surface area contributed by atoms with Crippen LogP contribution in [0.2, 0.25) is 0 Å². The molecule has 0 aromatic heterocycles. The lowest BCUT2D eigenvalue weighted by Crippen LogP contribution is -2.54. The Morgan fingerprint density at radius 3 is 2.14 bits per heavy atom. The van der Waals surface area contributed by atoms with Crippen LogP contribution in [0.5, 0.6) is 5.75 Å². The van der Waals surface area contributed by atoms with Crippen LogP contribution in [0.15, 0.2) is 77.7 Å². The highest BCUT2D eigenvalue weighted by molar-refractivity contribution is 7.92. The minimum Gasteiger partial charge on any atom is -0.495 e. The molecular formula is C33H43N3O5S. The predicted octanol–water partition coefficient (Wildman–Crippen LogP) is 5.27. The Labute approximate surface area is 250 Å². The molecule has 0 saturated carbocycles. The molecule has 0 unspecified atom stereocenters. The van der Waals surface area contributed by atoms with E-state index < -0.39 is 28.5 Å². The molecule has 0 fully saturated rings. The van der Waals surface area contributed by atoms with Crippen LogP contribution in [-0.4, -0.2) is 57.4 Å². The molecular weight excluding hydrogens is 550 g/mol. The van der Waals surface area contributed by atoms with Gasteiger partial charge in [0, 0.05) is 12.6 Å². The summed E-state index contributed by atoms with van der Waals surface area (Å²) in [6, 6.07) is 20.6. The SMILES string of the molecule is CC[C@H](C)NC(=O)[C@H](CC)N(CCc1ccccc1)C(=O)CN(c1cc(C)ccc1OC)S(=O)(=O)c1ccc(C)cc1. The van der Waals surface area contributed by atoms with Crippen molar-refractivity contribution in [3.05, 3.63) is 89.5 Å². The number of hydrogen-bond donors (Lipinski definition) is 1. The number of hydrogen-bond acceptors (Lipinski definition) is 5. The molecule has 3 rings (SSSR count). The Morgan fingerprint density at radius 1 is 0.905 bits per heavy atom. The number of sulfonamides is 1. The molecule has 0 radical (unpaired) electrons. The first-order chi connectivity index (χ1) is 20.0. The number of methoxy groups -OCH3 is 1. The number of aryl methyl sites for hydroxylation is 2. The van der Waals surface area contributed by atoms with Crippen molar-refractivity contribution in [3.63, 3.8) is 0 Å². The van der Waals surface area contributed by atoms with Crippen LogP contribution < -0.4 is 14.4 Å².